The molecule has 230 valence electrons. The van der Waals surface area contributed by atoms with Crippen LogP contribution in [0, 0.1) is 17.8 Å². The Labute approximate surface area is 245 Å². The van der Waals surface area contributed by atoms with Crippen molar-refractivity contribution in [1.82, 2.24) is 20.4 Å². The van der Waals surface area contributed by atoms with E-state index >= 15 is 4.39 Å². The van der Waals surface area contributed by atoms with Crippen LogP contribution in [0.3, 0.4) is 0 Å². The molecular weight excluding hydrogens is 523 g/mol. The highest BCUT2D eigenvalue weighted by atomic mass is 19.1. The zero-order valence-electron chi connectivity index (χ0n) is 25.4. The molecule has 3 aliphatic carbocycles. The van der Waals surface area contributed by atoms with Gasteiger partial charge in [-0.2, -0.15) is 0 Å². The van der Waals surface area contributed by atoms with Crippen LogP contribution in [0.2, 0.25) is 0 Å². The monoisotopic (exact) mass is 574 g/mol. The Kier molecular flexibility index (Phi) is 8.42. The number of halogens is 1. The maximum Gasteiger partial charge on any atom is 0.407 e. The molecule has 10 unspecified atom stereocenters. The summed E-state index contributed by atoms with van der Waals surface area (Å²) < 4.78 is 28.4. The lowest BCUT2D eigenvalue weighted by atomic mass is 9.65. The molecule has 8 nitrogen and oxygen atoms in total. The summed E-state index contributed by atoms with van der Waals surface area (Å²) in [5.74, 6) is 0.830. The number of hydrogen-bond donors (Lipinski definition) is 2. The maximum atomic E-state index is 16.0. The van der Waals surface area contributed by atoms with Crippen molar-refractivity contribution in [2.24, 2.45) is 17.8 Å². The van der Waals surface area contributed by atoms with E-state index in [4.69, 9.17) is 9.47 Å². The summed E-state index contributed by atoms with van der Waals surface area (Å²) in [5.41, 5.74) is -0.0752. The van der Waals surface area contributed by atoms with Crippen LogP contribution in [-0.4, -0.2) is 96.5 Å². The van der Waals surface area contributed by atoms with Gasteiger partial charge in [0.1, 0.15) is 11.8 Å². The van der Waals surface area contributed by atoms with Crippen LogP contribution >= 0.6 is 0 Å². The van der Waals surface area contributed by atoms with Gasteiger partial charge in [-0.3, -0.25) is 4.79 Å². The van der Waals surface area contributed by atoms with Crippen LogP contribution in [0.15, 0.2) is 11.8 Å². The predicted molar refractivity (Wildman–Crippen MR) is 155 cm³/mol. The second-order valence-electron chi connectivity index (χ2n) is 14.7. The van der Waals surface area contributed by atoms with Gasteiger partial charge < -0.3 is 29.9 Å². The highest BCUT2D eigenvalue weighted by Crippen LogP contribution is 2.50. The number of amides is 1. The van der Waals surface area contributed by atoms with Crippen molar-refractivity contribution in [2.75, 3.05) is 26.7 Å². The number of hydrogen-bond acceptors (Lipinski definition) is 7. The largest absolute Gasteiger partial charge is 0.444 e. The topological polar surface area (TPSA) is 83.1 Å². The van der Waals surface area contributed by atoms with E-state index in [1.54, 1.807) is 0 Å². The molecule has 1 amide bonds. The van der Waals surface area contributed by atoms with E-state index in [1.807, 2.05) is 27.0 Å². The van der Waals surface area contributed by atoms with Crippen LogP contribution in [0.25, 0.3) is 0 Å². The van der Waals surface area contributed by atoms with Gasteiger partial charge in [0, 0.05) is 23.7 Å². The standard InChI is InChI=1S/C32H51FN4O4/c1-32(2,3)41-31(39)35-17-21-18-37-25-14-19-8-5-6-9-20(19)15-26(25)40-30-27(24(33)16-23(28(30)37)29(21)38)34-12-11-22-10-7-13-36(22)4/h18-20,22-28,30,34H,5-17H2,1-4H3,(H,35,39). The van der Waals surface area contributed by atoms with Gasteiger partial charge >= 0.3 is 6.09 Å². The van der Waals surface area contributed by atoms with Gasteiger partial charge in [-0.15, -0.1) is 0 Å². The minimum Gasteiger partial charge on any atom is -0.444 e. The number of rotatable bonds is 6. The smallest absolute Gasteiger partial charge is 0.407 e. The van der Waals surface area contributed by atoms with E-state index in [0.29, 0.717) is 23.5 Å². The van der Waals surface area contributed by atoms with E-state index in [9.17, 15) is 9.59 Å². The third kappa shape index (κ3) is 6.05. The number of Topliss-reactive ketones (excluding diaryl/α,β-unsaturated/α-hetero) is 1. The third-order valence-electron chi connectivity index (χ3n) is 10.9. The van der Waals surface area contributed by atoms with Crippen LogP contribution < -0.4 is 10.6 Å². The van der Waals surface area contributed by atoms with Crippen LogP contribution in [0.5, 0.6) is 0 Å². The van der Waals surface area contributed by atoms with Gasteiger partial charge in [0.05, 0.1) is 36.9 Å². The zero-order chi connectivity index (χ0) is 28.9. The van der Waals surface area contributed by atoms with Crippen molar-refractivity contribution >= 4 is 11.9 Å². The predicted octanol–water partition coefficient (Wildman–Crippen LogP) is 4.19. The molecule has 0 bridgehead atoms. The Morgan fingerprint density at radius 3 is 2.59 bits per heavy atom. The normalized spacial score (nSPS) is 40.8. The van der Waals surface area contributed by atoms with E-state index in [0.717, 1.165) is 32.4 Å². The first-order chi connectivity index (χ1) is 19.6. The van der Waals surface area contributed by atoms with Gasteiger partial charge in [-0.25, -0.2) is 9.18 Å². The fraction of sp³-hybridized carbons (Fsp3) is 0.875. The third-order valence-corrected chi connectivity index (χ3v) is 10.9. The Morgan fingerprint density at radius 1 is 1.12 bits per heavy atom. The molecule has 10 atom stereocenters. The zero-order valence-corrected chi connectivity index (χ0v) is 25.4. The fourth-order valence-corrected chi connectivity index (χ4v) is 8.97. The summed E-state index contributed by atoms with van der Waals surface area (Å²) in [5, 5.41) is 6.37. The lowest BCUT2D eigenvalue weighted by molar-refractivity contribution is -0.208. The Balaban J connectivity index is 1.23. The molecule has 5 fully saturated rings. The molecule has 3 saturated carbocycles. The van der Waals surface area contributed by atoms with Crippen molar-refractivity contribution in [3.05, 3.63) is 11.8 Å². The average molecular weight is 575 g/mol. The van der Waals surface area contributed by atoms with Crippen molar-refractivity contribution < 1.29 is 23.5 Å². The molecule has 3 aliphatic heterocycles. The first kappa shape index (κ1) is 29.4. The van der Waals surface area contributed by atoms with Crippen LogP contribution in [0.1, 0.15) is 85.0 Å². The Hall–Kier alpha value is -1.71. The number of carbonyl (C=O) groups is 2. The summed E-state index contributed by atoms with van der Waals surface area (Å²) in [4.78, 5) is 31.1. The Bertz CT molecular complexity index is 1020. The summed E-state index contributed by atoms with van der Waals surface area (Å²) in [6.45, 7) is 7.43. The number of alkyl carbamates (subject to hydrolysis) is 1. The molecule has 41 heavy (non-hydrogen) atoms. The quantitative estimate of drug-likeness (QED) is 0.493. The number of nitrogens with zero attached hydrogens (tertiary/aromatic N) is 2. The SMILES string of the molecule is CN1CCCC1CCNC1C(F)CC2C(=O)C(CNC(=O)OC(C)(C)C)=CN3C4CC5CCCCC5CC4OC1C23. The molecule has 2 N–H and O–H groups in total. The number of fused-ring (bicyclic) bond motifs is 3. The molecular formula is C32H51FN4O4. The number of ether oxygens (including phenoxy) is 2. The number of alkyl halides is 1. The first-order valence-electron chi connectivity index (χ1n) is 16.3. The van der Waals surface area contributed by atoms with E-state index in [2.05, 4.69) is 27.5 Å². The first-order valence-corrected chi connectivity index (χ1v) is 16.3. The number of ketones is 1. The van der Waals surface area contributed by atoms with Gasteiger partial charge in [0.25, 0.3) is 0 Å². The molecule has 6 rings (SSSR count). The number of nitrogens with one attached hydrogen (secondary N) is 2. The second kappa shape index (κ2) is 11.8. The van der Waals surface area contributed by atoms with Crippen molar-refractivity contribution in [1.29, 1.82) is 0 Å². The van der Waals surface area contributed by atoms with Crippen molar-refractivity contribution in [2.45, 2.75) is 133 Å². The second-order valence-corrected chi connectivity index (χ2v) is 14.7. The minimum absolute atomic E-state index is 0.0383. The van der Waals surface area contributed by atoms with Crippen molar-refractivity contribution in [3.8, 4) is 0 Å². The van der Waals surface area contributed by atoms with Crippen LogP contribution in [-0.2, 0) is 14.3 Å². The highest BCUT2D eigenvalue weighted by Gasteiger charge is 2.59. The van der Waals surface area contributed by atoms with Gasteiger partial charge in [-0.05, 0) is 91.3 Å². The molecule has 0 radical (unpaired) electrons. The maximum absolute atomic E-state index is 16.0. The fourth-order valence-electron chi connectivity index (χ4n) is 8.97. The average Bonchev–Trinajstić information content (AvgIpc) is 3.33. The molecule has 9 heteroatoms. The van der Waals surface area contributed by atoms with Gasteiger partial charge in [-0.1, -0.05) is 25.7 Å². The molecule has 0 aromatic heterocycles. The summed E-state index contributed by atoms with van der Waals surface area (Å²) >= 11 is 0. The summed E-state index contributed by atoms with van der Waals surface area (Å²) in [7, 11) is 2.18. The van der Waals surface area contributed by atoms with E-state index < -0.39 is 29.8 Å². The summed E-state index contributed by atoms with van der Waals surface area (Å²) in [6, 6.07) is 0.142. The van der Waals surface area contributed by atoms with Gasteiger partial charge in [0.15, 0.2) is 5.78 Å². The number of morpholine rings is 1. The minimum atomic E-state index is -1.16. The lowest BCUT2D eigenvalue weighted by Gasteiger charge is -2.61. The van der Waals surface area contributed by atoms with Crippen molar-refractivity contribution in [3.63, 3.8) is 0 Å². The number of carbonyl (C=O) groups excluding carboxylic acids is 2. The highest BCUT2D eigenvalue weighted by molar-refractivity contribution is 5.99. The van der Waals surface area contributed by atoms with E-state index in [1.165, 1.54) is 38.5 Å². The number of likely N-dealkylation sites (tertiary alicyclic amines) is 1. The lowest BCUT2D eigenvalue weighted by Crippen LogP contribution is -2.73. The summed E-state index contributed by atoms with van der Waals surface area (Å²) in [6.07, 6.45) is 10.8. The van der Waals surface area contributed by atoms with Crippen LogP contribution in [0.4, 0.5) is 9.18 Å². The van der Waals surface area contributed by atoms with E-state index in [-0.39, 0.29) is 43.0 Å². The molecule has 0 spiro atoms. The Morgan fingerprint density at radius 2 is 1.88 bits per heavy atom. The molecule has 6 aliphatic rings. The molecule has 0 aromatic carbocycles. The van der Waals surface area contributed by atoms with Gasteiger partial charge in [0.2, 0.25) is 0 Å². The molecule has 3 heterocycles. The molecule has 0 aromatic rings. The molecule has 2 saturated heterocycles.